The van der Waals surface area contributed by atoms with Crippen molar-refractivity contribution in [2.24, 2.45) is 0 Å². The summed E-state index contributed by atoms with van der Waals surface area (Å²) in [5, 5.41) is 1.23. The zero-order valence-electron chi connectivity index (χ0n) is 9.09. The number of hydrogen-bond donors (Lipinski definition) is 0. The van der Waals surface area contributed by atoms with Gasteiger partial charge in [-0.05, 0) is 0 Å². The van der Waals surface area contributed by atoms with Crippen LogP contribution in [0, 0.1) is 0 Å². The zero-order chi connectivity index (χ0) is 11.7. The Kier molecular flexibility index (Phi) is 2.84. The normalized spacial score (nSPS) is 10.6. The van der Waals surface area contributed by atoms with Gasteiger partial charge in [-0.25, -0.2) is 0 Å². The van der Waals surface area contributed by atoms with E-state index in [1.165, 1.54) is 8.79 Å². The summed E-state index contributed by atoms with van der Waals surface area (Å²) in [6.45, 7) is 0. The van der Waals surface area contributed by atoms with Gasteiger partial charge in [-0.3, -0.25) is 0 Å². The van der Waals surface area contributed by atoms with Crippen molar-refractivity contribution in [3.05, 3.63) is 69.8 Å². The van der Waals surface area contributed by atoms with Crippen molar-refractivity contribution in [1.82, 2.24) is 0 Å². The topological polar surface area (TPSA) is 17.1 Å². The Labute approximate surface area is 109 Å². The zero-order valence-corrected chi connectivity index (χ0v) is 11.4. The Bertz CT molecular complexity index is 634. The first kappa shape index (κ1) is 10.8. The molecule has 0 aliphatic carbocycles. The quantitative estimate of drug-likeness (QED) is 0.520. The van der Waals surface area contributed by atoms with Crippen molar-refractivity contribution in [3.8, 4) is 0 Å². The fraction of sp³-hybridized carbons (Fsp3) is 0. The van der Waals surface area contributed by atoms with Crippen LogP contribution < -0.4 is 0 Å². The molecular weight excluding hydrogens is 324 g/mol. The van der Waals surface area contributed by atoms with Crippen LogP contribution in [0.2, 0.25) is 0 Å². The second-order valence-corrected chi connectivity index (χ2v) is 6.94. The van der Waals surface area contributed by atoms with Crippen molar-refractivity contribution in [1.29, 1.82) is 0 Å². The molecule has 0 spiro atoms. The monoisotopic (exact) mass is 336 g/mol. The van der Waals surface area contributed by atoms with Gasteiger partial charge in [0, 0.05) is 0 Å². The molecular formula is C15H10OTe. The molecule has 0 aliphatic heterocycles. The van der Waals surface area contributed by atoms with Crippen LogP contribution >= 0.6 is 0 Å². The minimum atomic E-state index is -0.489. The van der Waals surface area contributed by atoms with Crippen LogP contribution in [0.3, 0.4) is 0 Å². The summed E-state index contributed by atoms with van der Waals surface area (Å²) < 4.78 is 2.39. The second-order valence-electron chi connectivity index (χ2n) is 3.84. The summed E-state index contributed by atoms with van der Waals surface area (Å²) in [5.74, 6) is 0.198. The van der Waals surface area contributed by atoms with Crippen molar-refractivity contribution in [2.75, 3.05) is 0 Å². The molecule has 1 aromatic heterocycles. The van der Waals surface area contributed by atoms with Crippen LogP contribution in [0.15, 0.2) is 60.7 Å². The third-order valence-corrected chi connectivity index (χ3v) is 5.87. The van der Waals surface area contributed by atoms with Gasteiger partial charge in [-0.2, -0.15) is 0 Å². The number of ketones is 1. The fourth-order valence-corrected chi connectivity index (χ4v) is 4.75. The number of carbonyl (C=O) groups is 1. The van der Waals surface area contributed by atoms with E-state index in [1.807, 2.05) is 42.5 Å². The minimum absolute atomic E-state index is 0.198. The fourth-order valence-electron chi connectivity index (χ4n) is 1.83. The average molecular weight is 334 g/mol. The Balaban J connectivity index is 2.07. The average Bonchev–Trinajstić information content (AvgIpc) is 2.82. The standard InChI is InChI=1S/C15H10OTe/c16-15(11-6-2-1-3-7-11)14-10-12-8-4-5-9-13(12)17-14/h1-10H. The maximum absolute atomic E-state index is 12.3. The van der Waals surface area contributed by atoms with Crippen molar-refractivity contribution < 1.29 is 4.79 Å². The van der Waals surface area contributed by atoms with Gasteiger partial charge in [0.2, 0.25) is 0 Å². The van der Waals surface area contributed by atoms with Crippen LogP contribution in [0.4, 0.5) is 0 Å². The van der Waals surface area contributed by atoms with Crippen LogP contribution in [0.25, 0.3) is 8.79 Å². The first-order chi connectivity index (χ1) is 8.34. The van der Waals surface area contributed by atoms with E-state index >= 15 is 0 Å². The van der Waals surface area contributed by atoms with Gasteiger partial charge in [-0.15, -0.1) is 0 Å². The Morgan fingerprint density at radius 2 is 1.59 bits per heavy atom. The summed E-state index contributed by atoms with van der Waals surface area (Å²) in [4.78, 5) is 12.3. The van der Waals surface area contributed by atoms with Crippen molar-refractivity contribution in [3.63, 3.8) is 0 Å². The molecule has 2 aromatic carbocycles. The van der Waals surface area contributed by atoms with Gasteiger partial charge in [0.25, 0.3) is 0 Å². The molecule has 0 amide bonds. The molecule has 1 heterocycles. The first-order valence-corrected chi connectivity index (χ1v) is 7.76. The molecule has 0 bridgehead atoms. The van der Waals surface area contributed by atoms with Gasteiger partial charge in [-0.1, -0.05) is 0 Å². The van der Waals surface area contributed by atoms with Crippen LogP contribution in [-0.4, -0.2) is 26.2 Å². The Morgan fingerprint density at radius 1 is 0.882 bits per heavy atom. The molecule has 1 nitrogen and oxygen atoms in total. The number of fused-ring (bicyclic) bond motifs is 1. The number of benzene rings is 2. The van der Waals surface area contributed by atoms with E-state index in [4.69, 9.17) is 0 Å². The molecule has 0 fully saturated rings. The molecule has 3 rings (SSSR count). The van der Waals surface area contributed by atoms with E-state index in [1.54, 1.807) is 0 Å². The van der Waals surface area contributed by atoms with E-state index in [2.05, 4.69) is 18.2 Å². The predicted octanol–water partition coefficient (Wildman–Crippen LogP) is 3.13. The van der Waals surface area contributed by atoms with Crippen molar-refractivity contribution in [2.45, 2.75) is 0 Å². The SMILES string of the molecule is O=C(c1ccccc1)c1cc2ccccc2[te]1. The Hall–Kier alpha value is -1.36. The van der Waals surface area contributed by atoms with Gasteiger partial charge in [0.15, 0.2) is 0 Å². The van der Waals surface area contributed by atoms with E-state index in [0.717, 1.165) is 9.14 Å². The molecule has 0 unspecified atom stereocenters. The summed E-state index contributed by atoms with van der Waals surface area (Å²) in [7, 11) is 0. The molecule has 0 saturated heterocycles. The summed E-state index contributed by atoms with van der Waals surface area (Å²) in [5.41, 5.74) is 0.802. The maximum atomic E-state index is 12.3. The van der Waals surface area contributed by atoms with Gasteiger partial charge < -0.3 is 0 Å². The van der Waals surface area contributed by atoms with E-state index in [0.29, 0.717) is 0 Å². The third-order valence-electron chi connectivity index (χ3n) is 2.69. The molecule has 0 N–H and O–H groups in total. The molecule has 0 atom stereocenters. The van der Waals surface area contributed by atoms with E-state index < -0.39 is 20.4 Å². The van der Waals surface area contributed by atoms with Gasteiger partial charge >= 0.3 is 110 Å². The predicted molar refractivity (Wildman–Crippen MR) is 70.8 cm³/mol. The molecule has 3 aromatic rings. The molecule has 17 heavy (non-hydrogen) atoms. The number of rotatable bonds is 2. The summed E-state index contributed by atoms with van der Waals surface area (Å²) >= 11 is -0.489. The van der Waals surface area contributed by atoms with Gasteiger partial charge in [0.05, 0.1) is 0 Å². The first-order valence-electron chi connectivity index (χ1n) is 5.43. The molecule has 82 valence electrons. The summed E-state index contributed by atoms with van der Waals surface area (Å²) in [6, 6.07) is 19.9. The van der Waals surface area contributed by atoms with Crippen LogP contribution in [-0.2, 0) is 0 Å². The van der Waals surface area contributed by atoms with E-state index in [-0.39, 0.29) is 5.78 Å². The summed E-state index contributed by atoms with van der Waals surface area (Å²) in [6.07, 6.45) is 0. The Morgan fingerprint density at radius 3 is 2.35 bits per heavy atom. The van der Waals surface area contributed by atoms with Crippen molar-refractivity contribution >= 4 is 35.0 Å². The van der Waals surface area contributed by atoms with Crippen LogP contribution in [0.1, 0.15) is 13.9 Å². The second kappa shape index (κ2) is 4.49. The van der Waals surface area contributed by atoms with Gasteiger partial charge in [0.1, 0.15) is 0 Å². The molecule has 0 radical (unpaired) electrons. The molecule has 0 aliphatic rings. The van der Waals surface area contributed by atoms with Crippen LogP contribution in [0.5, 0.6) is 0 Å². The van der Waals surface area contributed by atoms with E-state index in [9.17, 15) is 4.79 Å². The third kappa shape index (κ3) is 2.07. The molecule has 0 saturated carbocycles. The number of hydrogen-bond acceptors (Lipinski definition) is 1. The number of carbonyl (C=O) groups excluding carboxylic acids is 1. The molecule has 2 heteroatoms.